The first-order valence-corrected chi connectivity index (χ1v) is 6.52. The number of rotatable bonds is 5. The number of nitrogens with one attached hydrogen (secondary N) is 1. The van der Waals surface area contributed by atoms with E-state index in [4.69, 9.17) is 5.11 Å². The number of hydrogen-bond donors (Lipinski definition) is 2. The first-order valence-electron chi connectivity index (χ1n) is 5.70. The molecule has 0 aliphatic carbocycles. The standard InChI is InChI=1S/C13H11N3O3S/c17-11(7-9-3-1-2-6-14-9)16-13-15-8-10(20-13)4-5-12(18)19/h1-6,8H,7H2,(H,18,19)(H,15,16,17). The van der Waals surface area contributed by atoms with Gasteiger partial charge in [0.25, 0.3) is 0 Å². The highest BCUT2D eigenvalue weighted by atomic mass is 32.1. The largest absolute Gasteiger partial charge is 0.478 e. The van der Waals surface area contributed by atoms with Crippen LogP contribution >= 0.6 is 11.3 Å². The molecule has 0 saturated heterocycles. The van der Waals surface area contributed by atoms with Crippen molar-refractivity contribution in [1.29, 1.82) is 0 Å². The van der Waals surface area contributed by atoms with E-state index in [0.29, 0.717) is 15.7 Å². The predicted molar refractivity (Wildman–Crippen MR) is 75.4 cm³/mol. The van der Waals surface area contributed by atoms with Gasteiger partial charge in [0.05, 0.1) is 6.42 Å². The second kappa shape index (κ2) is 6.58. The van der Waals surface area contributed by atoms with Gasteiger partial charge in [-0.25, -0.2) is 9.78 Å². The highest BCUT2D eigenvalue weighted by Gasteiger charge is 2.07. The number of pyridine rings is 1. The molecule has 1 amide bonds. The van der Waals surface area contributed by atoms with Crippen LogP contribution in [0.25, 0.3) is 6.08 Å². The molecule has 20 heavy (non-hydrogen) atoms. The summed E-state index contributed by atoms with van der Waals surface area (Å²) in [6.45, 7) is 0. The number of nitrogens with zero attached hydrogens (tertiary/aromatic N) is 2. The molecule has 2 rings (SSSR count). The van der Waals surface area contributed by atoms with Gasteiger partial charge in [0.2, 0.25) is 5.91 Å². The van der Waals surface area contributed by atoms with Gasteiger partial charge in [-0.05, 0) is 18.2 Å². The van der Waals surface area contributed by atoms with Crippen molar-refractivity contribution >= 4 is 34.4 Å². The monoisotopic (exact) mass is 289 g/mol. The van der Waals surface area contributed by atoms with Crippen molar-refractivity contribution in [3.63, 3.8) is 0 Å². The van der Waals surface area contributed by atoms with E-state index in [9.17, 15) is 9.59 Å². The highest BCUT2D eigenvalue weighted by molar-refractivity contribution is 7.16. The quantitative estimate of drug-likeness (QED) is 0.819. The zero-order valence-corrected chi connectivity index (χ0v) is 11.1. The van der Waals surface area contributed by atoms with Crippen molar-refractivity contribution in [2.45, 2.75) is 6.42 Å². The van der Waals surface area contributed by atoms with Crippen LogP contribution in [0.5, 0.6) is 0 Å². The molecule has 2 aromatic rings. The molecule has 0 spiro atoms. The first kappa shape index (κ1) is 13.9. The van der Waals surface area contributed by atoms with Crippen LogP contribution in [0.4, 0.5) is 5.13 Å². The lowest BCUT2D eigenvalue weighted by Gasteiger charge is -2.00. The summed E-state index contributed by atoms with van der Waals surface area (Å²) in [6.07, 6.45) is 5.74. The number of carbonyl (C=O) groups excluding carboxylic acids is 1. The lowest BCUT2D eigenvalue weighted by atomic mass is 10.2. The van der Waals surface area contributed by atoms with E-state index in [0.717, 1.165) is 6.08 Å². The number of carbonyl (C=O) groups is 2. The lowest BCUT2D eigenvalue weighted by Crippen LogP contribution is -2.14. The van der Waals surface area contributed by atoms with Gasteiger partial charge >= 0.3 is 5.97 Å². The van der Waals surface area contributed by atoms with Gasteiger partial charge in [-0.2, -0.15) is 0 Å². The number of aromatic nitrogens is 2. The Bertz CT molecular complexity index is 637. The normalized spacial score (nSPS) is 10.6. The van der Waals surface area contributed by atoms with Crippen molar-refractivity contribution in [3.8, 4) is 0 Å². The van der Waals surface area contributed by atoms with Crippen LogP contribution in [-0.4, -0.2) is 27.0 Å². The van der Waals surface area contributed by atoms with E-state index in [1.807, 2.05) is 6.07 Å². The molecule has 0 aliphatic heterocycles. The van der Waals surface area contributed by atoms with Crippen LogP contribution in [0.15, 0.2) is 36.7 Å². The summed E-state index contributed by atoms with van der Waals surface area (Å²) in [7, 11) is 0. The van der Waals surface area contributed by atoms with Gasteiger partial charge in [-0.15, -0.1) is 0 Å². The molecule has 0 aliphatic rings. The summed E-state index contributed by atoms with van der Waals surface area (Å²) < 4.78 is 0. The molecule has 6 nitrogen and oxygen atoms in total. The molecule has 2 N–H and O–H groups in total. The summed E-state index contributed by atoms with van der Waals surface area (Å²) in [4.78, 5) is 30.9. The van der Waals surface area contributed by atoms with Gasteiger partial charge in [-0.1, -0.05) is 17.4 Å². The summed E-state index contributed by atoms with van der Waals surface area (Å²) in [5, 5.41) is 11.6. The average molecular weight is 289 g/mol. The molecule has 0 bridgehead atoms. The summed E-state index contributed by atoms with van der Waals surface area (Å²) >= 11 is 1.20. The smallest absolute Gasteiger partial charge is 0.328 e. The Morgan fingerprint density at radius 3 is 2.90 bits per heavy atom. The van der Waals surface area contributed by atoms with Crippen LogP contribution in [0.3, 0.4) is 0 Å². The molecule has 0 aromatic carbocycles. The topological polar surface area (TPSA) is 92.2 Å². The number of amides is 1. The van der Waals surface area contributed by atoms with E-state index in [-0.39, 0.29) is 12.3 Å². The third kappa shape index (κ3) is 4.29. The minimum absolute atomic E-state index is 0.167. The Morgan fingerprint density at radius 1 is 1.35 bits per heavy atom. The number of carboxylic acid groups (broad SMARTS) is 1. The molecule has 0 unspecified atom stereocenters. The van der Waals surface area contributed by atoms with Crippen molar-refractivity contribution in [2.75, 3.05) is 5.32 Å². The Balaban J connectivity index is 1.93. The molecule has 0 fully saturated rings. The number of thiazole rings is 1. The molecule has 2 heterocycles. The number of carboxylic acids is 1. The van der Waals surface area contributed by atoms with E-state index >= 15 is 0 Å². The minimum Gasteiger partial charge on any atom is -0.478 e. The van der Waals surface area contributed by atoms with Crippen LogP contribution in [0.2, 0.25) is 0 Å². The van der Waals surface area contributed by atoms with E-state index in [2.05, 4.69) is 15.3 Å². The van der Waals surface area contributed by atoms with Crippen LogP contribution in [0, 0.1) is 0 Å². The molecular formula is C13H11N3O3S. The summed E-state index contributed by atoms with van der Waals surface area (Å²) in [5.41, 5.74) is 0.674. The maximum absolute atomic E-state index is 11.8. The Morgan fingerprint density at radius 2 is 2.20 bits per heavy atom. The van der Waals surface area contributed by atoms with Crippen LogP contribution in [-0.2, 0) is 16.0 Å². The highest BCUT2D eigenvalue weighted by Crippen LogP contribution is 2.19. The van der Waals surface area contributed by atoms with Crippen LogP contribution in [0.1, 0.15) is 10.6 Å². The van der Waals surface area contributed by atoms with Gasteiger partial charge in [0.15, 0.2) is 5.13 Å². The van der Waals surface area contributed by atoms with Crippen LogP contribution < -0.4 is 5.32 Å². The fourth-order valence-electron chi connectivity index (χ4n) is 1.41. The maximum Gasteiger partial charge on any atom is 0.328 e. The molecule has 7 heteroatoms. The van der Waals surface area contributed by atoms with Crippen molar-refractivity contribution in [2.24, 2.45) is 0 Å². The lowest BCUT2D eigenvalue weighted by molar-refractivity contribution is -0.131. The molecule has 0 radical (unpaired) electrons. The molecule has 102 valence electrons. The third-order valence-electron chi connectivity index (χ3n) is 2.23. The fraction of sp³-hybridized carbons (Fsp3) is 0.0769. The first-order chi connectivity index (χ1) is 9.63. The second-order valence-corrected chi connectivity index (χ2v) is 4.85. The molecular weight excluding hydrogens is 278 g/mol. The average Bonchev–Trinajstić information content (AvgIpc) is 2.85. The summed E-state index contributed by atoms with van der Waals surface area (Å²) in [6, 6.07) is 5.36. The zero-order chi connectivity index (χ0) is 14.4. The van der Waals surface area contributed by atoms with Gasteiger partial charge in [-0.3, -0.25) is 9.78 Å². The fourth-order valence-corrected chi connectivity index (χ4v) is 2.14. The SMILES string of the molecule is O=C(O)C=Cc1cnc(NC(=O)Cc2ccccn2)s1. The summed E-state index contributed by atoms with van der Waals surface area (Å²) in [5.74, 6) is -1.24. The number of hydrogen-bond acceptors (Lipinski definition) is 5. The Hall–Kier alpha value is -2.54. The van der Waals surface area contributed by atoms with Gasteiger partial charge in [0, 0.05) is 29.0 Å². The third-order valence-corrected chi connectivity index (χ3v) is 3.11. The number of aliphatic carboxylic acids is 1. The number of anilines is 1. The van der Waals surface area contributed by atoms with E-state index < -0.39 is 5.97 Å². The Kier molecular flexibility index (Phi) is 4.56. The predicted octanol–water partition coefficient (Wildman–Crippen LogP) is 1.82. The van der Waals surface area contributed by atoms with Crippen molar-refractivity contribution < 1.29 is 14.7 Å². The molecule has 2 aromatic heterocycles. The van der Waals surface area contributed by atoms with Gasteiger partial charge < -0.3 is 10.4 Å². The molecule has 0 saturated carbocycles. The van der Waals surface area contributed by atoms with Crippen molar-refractivity contribution in [1.82, 2.24) is 9.97 Å². The Labute approximate surface area is 118 Å². The van der Waals surface area contributed by atoms with Crippen molar-refractivity contribution in [3.05, 3.63) is 47.2 Å². The maximum atomic E-state index is 11.8. The van der Waals surface area contributed by atoms with E-state index in [1.54, 1.807) is 18.3 Å². The molecule has 0 atom stereocenters. The minimum atomic E-state index is -1.03. The zero-order valence-electron chi connectivity index (χ0n) is 10.3. The van der Waals surface area contributed by atoms with Gasteiger partial charge in [0.1, 0.15) is 0 Å². The van der Waals surface area contributed by atoms with E-state index in [1.165, 1.54) is 23.6 Å². The second-order valence-electron chi connectivity index (χ2n) is 3.79.